The molecular weight excluding hydrogens is 522 g/mol. The zero-order valence-corrected chi connectivity index (χ0v) is 22.6. The van der Waals surface area contributed by atoms with Gasteiger partial charge in [0.1, 0.15) is 17.7 Å². The molecule has 1 fully saturated rings. The van der Waals surface area contributed by atoms with Crippen LogP contribution < -0.4 is 15.2 Å². The van der Waals surface area contributed by atoms with Gasteiger partial charge in [-0.1, -0.05) is 54.6 Å². The molecule has 0 aliphatic carbocycles. The molecule has 1 aliphatic heterocycles. The molecule has 5 rings (SSSR count). The maximum Gasteiger partial charge on any atom is 0.412 e. The minimum atomic E-state index is -1.18. The number of carbonyl (C=O) groups excluding carboxylic acids is 2. The molecule has 0 saturated carbocycles. The van der Waals surface area contributed by atoms with Crippen LogP contribution in [0.4, 0.5) is 15.4 Å². The first-order valence-electron chi connectivity index (χ1n) is 13.7. The Bertz CT molecular complexity index is 1450. The van der Waals surface area contributed by atoms with Gasteiger partial charge in [-0.25, -0.2) is 9.78 Å². The maximum absolute atomic E-state index is 11.8. The van der Waals surface area contributed by atoms with E-state index < -0.39 is 12.2 Å². The SMILES string of the molecule is O=C(Nc1ccccn1)OCCCOc1ccc(C2CCN(C(=O)[O-])CC2OCc2ccc3ccccc3c2)cc1. The van der Waals surface area contributed by atoms with Crippen LogP contribution in [0.3, 0.4) is 0 Å². The van der Waals surface area contributed by atoms with Crippen LogP contribution in [0, 0.1) is 0 Å². The summed E-state index contributed by atoms with van der Waals surface area (Å²) in [5, 5.41) is 16.4. The number of likely N-dealkylation sites (tertiary alicyclic amines) is 1. The highest BCUT2D eigenvalue weighted by molar-refractivity contribution is 5.83. The summed E-state index contributed by atoms with van der Waals surface area (Å²) in [6, 6.07) is 27.4. The second kappa shape index (κ2) is 13.6. The van der Waals surface area contributed by atoms with E-state index >= 15 is 0 Å². The average Bonchev–Trinajstić information content (AvgIpc) is 3.00. The Balaban J connectivity index is 1.12. The summed E-state index contributed by atoms with van der Waals surface area (Å²) in [6.45, 7) is 1.64. The summed E-state index contributed by atoms with van der Waals surface area (Å²) in [7, 11) is 0. The molecule has 212 valence electrons. The summed E-state index contributed by atoms with van der Waals surface area (Å²) in [4.78, 5) is 28.8. The van der Waals surface area contributed by atoms with E-state index in [0.717, 1.165) is 21.9 Å². The third kappa shape index (κ3) is 7.73. The lowest BCUT2D eigenvalue weighted by Crippen LogP contribution is -2.51. The van der Waals surface area contributed by atoms with Crippen molar-refractivity contribution in [2.45, 2.75) is 31.5 Å². The van der Waals surface area contributed by atoms with E-state index in [4.69, 9.17) is 14.2 Å². The molecule has 2 amide bonds. The fraction of sp³-hybridized carbons (Fsp3) is 0.281. The molecule has 2 atom stereocenters. The van der Waals surface area contributed by atoms with Gasteiger partial charge in [0.25, 0.3) is 0 Å². The zero-order chi connectivity index (χ0) is 28.4. The lowest BCUT2D eigenvalue weighted by atomic mass is 9.87. The molecule has 0 bridgehead atoms. The number of carbonyl (C=O) groups is 2. The zero-order valence-electron chi connectivity index (χ0n) is 22.6. The second-order valence-electron chi connectivity index (χ2n) is 9.88. The number of nitrogens with one attached hydrogen (secondary N) is 1. The topological polar surface area (TPSA) is 113 Å². The van der Waals surface area contributed by atoms with Crippen molar-refractivity contribution in [2.24, 2.45) is 0 Å². The van der Waals surface area contributed by atoms with Crippen molar-refractivity contribution in [3.05, 3.63) is 102 Å². The van der Waals surface area contributed by atoms with Crippen molar-refractivity contribution >= 4 is 28.8 Å². The molecule has 4 aromatic rings. The molecule has 41 heavy (non-hydrogen) atoms. The number of carboxylic acid groups (broad SMARTS) is 1. The Morgan fingerprint density at radius 3 is 2.54 bits per heavy atom. The smallest absolute Gasteiger partial charge is 0.412 e. The standard InChI is InChI=1S/C32H33N3O6/c36-31(34-30-8-3-4-16-33-30)40-19-5-18-39-27-13-11-25(12-14-27)28-15-17-35(32(37)38)21-29(28)41-22-23-9-10-24-6-1-2-7-26(24)20-23/h1-4,6-14,16,20,28-29H,5,15,17-19,21-22H2,(H,37,38)(H,33,34,36)/p-1. The van der Waals surface area contributed by atoms with E-state index in [2.05, 4.69) is 34.6 Å². The number of fused-ring (bicyclic) bond motifs is 1. The number of nitrogens with zero attached hydrogens (tertiary/aromatic N) is 2. The fourth-order valence-electron chi connectivity index (χ4n) is 4.97. The number of ether oxygens (including phenoxy) is 3. The Hall–Kier alpha value is -4.63. The normalized spacial score (nSPS) is 16.7. The minimum Gasteiger partial charge on any atom is -0.530 e. The number of piperidine rings is 1. The Kier molecular flexibility index (Phi) is 9.28. The van der Waals surface area contributed by atoms with E-state index in [0.29, 0.717) is 44.2 Å². The summed E-state index contributed by atoms with van der Waals surface area (Å²) in [6.07, 6.45) is 0.706. The number of benzene rings is 3. The van der Waals surface area contributed by atoms with Crippen molar-refractivity contribution in [1.29, 1.82) is 0 Å². The van der Waals surface area contributed by atoms with Gasteiger partial charge in [-0.05, 0) is 58.7 Å². The van der Waals surface area contributed by atoms with Crippen molar-refractivity contribution in [3.8, 4) is 5.75 Å². The molecule has 1 aliphatic rings. The van der Waals surface area contributed by atoms with Gasteiger partial charge in [-0.15, -0.1) is 0 Å². The monoisotopic (exact) mass is 554 g/mol. The number of rotatable bonds is 10. The number of anilines is 1. The summed E-state index contributed by atoms with van der Waals surface area (Å²) in [5.41, 5.74) is 2.10. The number of amides is 2. The van der Waals surface area contributed by atoms with E-state index in [1.54, 1.807) is 24.4 Å². The van der Waals surface area contributed by atoms with E-state index in [1.165, 1.54) is 4.90 Å². The van der Waals surface area contributed by atoms with E-state index in [1.807, 2.05) is 42.5 Å². The van der Waals surface area contributed by atoms with Gasteiger partial charge in [0.15, 0.2) is 0 Å². The van der Waals surface area contributed by atoms with Crippen LogP contribution in [0.15, 0.2) is 91.1 Å². The number of aromatic nitrogens is 1. The highest BCUT2D eigenvalue weighted by Crippen LogP contribution is 2.32. The Labute approximate surface area is 238 Å². The molecule has 1 saturated heterocycles. The molecule has 9 heteroatoms. The summed E-state index contributed by atoms with van der Waals surface area (Å²) < 4.78 is 17.3. The number of pyridine rings is 1. The van der Waals surface area contributed by atoms with Crippen molar-refractivity contribution in [2.75, 3.05) is 31.6 Å². The summed E-state index contributed by atoms with van der Waals surface area (Å²) in [5.74, 6) is 1.17. The van der Waals surface area contributed by atoms with Crippen LogP contribution in [-0.4, -0.2) is 54.5 Å². The second-order valence-corrected chi connectivity index (χ2v) is 9.88. The van der Waals surface area contributed by atoms with Crippen LogP contribution in [0.1, 0.15) is 29.9 Å². The van der Waals surface area contributed by atoms with Crippen LogP contribution in [0.2, 0.25) is 0 Å². The lowest BCUT2D eigenvalue weighted by Gasteiger charge is -2.40. The number of hydrogen-bond donors (Lipinski definition) is 1. The minimum absolute atomic E-state index is 0.0334. The van der Waals surface area contributed by atoms with Gasteiger partial charge < -0.3 is 29.0 Å². The first kappa shape index (κ1) is 27.9. The van der Waals surface area contributed by atoms with Crippen molar-refractivity contribution in [1.82, 2.24) is 9.88 Å². The predicted octanol–water partition coefficient (Wildman–Crippen LogP) is 4.97. The predicted molar refractivity (Wildman–Crippen MR) is 153 cm³/mol. The highest BCUT2D eigenvalue weighted by atomic mass is 16.5. The van der Waals surface area contributed by atoms with Gasteiger partial charge >= 0.3 is 6.09 Å². The molecule has 0 spiro atoms. The number of hydrogen-bond acceptors (Lipinski definition) is 7. The fourth-order valence-corrected chi connectivity index (χ4v) is 4.97. The molecule has 1 aromatic heterocycles. The largest absolute Gasteiger partial charge is 0.530 e. The molecule has 9 nitrogen and oxygen atoms in total. The van der Waals surface area contributed by atoms with Crippen molar-refractivity contribution < 1.29 is 28.9 Å². The van der Waals surface area contributed by atoms with Gasteiger partial charge in [0.2, 0.25) is 0 Å². The summed E-state index contributed by atoms with van der Waals surface area (Å²) >= 11 is 0. The maximum atomic E-state index is 11.8. The van der Waals surface area contributed by atoms with Crippen molar-refractivity contribution in [3.63, 3.8) is 0 Å². The molecule has 3 aromatic carbocycles. The average molecular weight is 555 g/mol. The Morgan fingerprint density at radius 1 is 0.951 bits per heavy atom. The first-order chi connectivity index (χ1) is 20.0. The van der Waals surface area contributed by atoms with Crippen LogP contribution in [0.5, 0.6) is 5.75 Å². The van der Waals surface area contributed by atoms with Gasteiger partial charge in [-0.2, -0.15) is 0 Å². The van der Waals surface area contributed by atoms with E-state index in [-0.39, 0.29) is 25.2 Å². The first-order valence-corrected chi connectivity index (χ1v) is 13.7. The third-order valence-corrected chi connectivity index (χ3v) is 7.09. The third-order valence-electron chi connectivity index (χ3n) is 7.09. The molecule has 2 heterocycles. The molecular formula is C32H32N3O6-. The molecule has 1 N–H and O–H groups in total. The van der Waals surface area contributed by atoms with Gasteiger partial charge in [-0.3, -0.25) is 5.32 Å². The van der Waals surface area contributed by atoms with Crippen LogP contribution in [-0.2, 0) is 16.1 Å². The lowest BCUT2D eigenvalue weighted by molar-refractivity contribution is -0.268. The van der Waals surface area contributed by atoms with Gasteiger partial charge in [0.05, 0.1) is 25.9 Å². The van der Waals surface area contributed by atoms with Gasteiger partial charge in [0, 0.05) is 31.6 Å². The highest BCUT2D eigenvalue weighted by Gasteiger charge is 2.31. The molecule has 0 radical (unpaired) electrons. The Morgan fingerprint density at radius 2 is 1.76 bits per heavy atom. The quantitative estimate of drug-likeness (QED) is 0.275. The van der Waals surface area contributed by atoms with Crippen LogP contribution >= 0.6 is 0 Å². The van der Waals surface area contributed by atoms with Crippen LogP contribution in [0.25, 0.3) is 10.8 Å². The van der Waals surface area contributed by atoms with E-state index in [9.17, 15) is 14.7 Å². The molecule has 2 unspecified atom stereocenters.